The lowest BCUT2D eigenvalue weighted by Crippen LogP contribution is -2.44. The van der Waals surface area contributed by atoms with Crippen LogP contribution in [-0.2, 0) is 11.3 Å². The number of halogens is 1. The van der Waals surface area contributed by atoms with E-state index in [1.165, 1.54) is 11.0 Å². The first-order valence-electron chi connectivity index (χ1n) is 6.38. The van der Waals surface area contributed by atoms with Crippen LogP contribution in [-0.4, -0.2) is 35.1 Å². The molecule has 0 aliphatic rings. The van der Waals surface area contributed by atoms with Crippen LogP contribution in [0.5, 0.6) is 0 Å². The van der Waals surface area contributed by atoms with Crippen molar-refractivity contribution in [3.05, 3.63) is 35.6 Å². The van der Waals surface area contributed by atoms with Crippen molar-refractivity contribution in [1.82, 2.24) is 10.2 Å². The molecule has 0 aliphatic heterocycles. The zero-order chi connectivity index (χ0) is 15.1. The summed E-state index contributed by atoms with van der Waals surface area (Å²) in [5.74, 6) is -1.33. The molecule has 0 aliphatic carbocycles. The second-order valence-electron chi connectivity index (χ2n) is 4.92. The van der Waals surface area contributed by atoms with Gasteiger partial charge < -0.3 is 15.3 Å². The minimum atomic E-state index is -1.08. The number of carboxylic acid groups (broad SMARTS) is 1. The molecule has 2 N–H and O–H groups in total. The molecule has 1 aromatic rings. The number of amides is 2. The highest BCUT2D eigenvalue weighted by Gasteiger charge is 2.17. The zero-order valence-corrected chi connectivity index (χ0v) is 11.6. The molecule has 0 radical (unpaired) electrons. The van der Waals surface area contributed by atoms with Gasteiger partial charge in [-0.05, 0) is 12.0 Å². The lowest BCUT2D eigenvalue weighted by atomic mass is 10.2. The number of carbonyl (C=O) groups is 2. The maximum Gasteiger partial charge on any atom is 0.323 e. The standard InChI is InChI=1S/C14H19FN2O3/c1-10(2)8-17(9-13(18)19)14(20)16-7-11-5-3-4-6-12(11)15/h3-6,10H,7-9H2,1-2H3,(H,16,20)(H,18,19). The van der Waals surface area contributed by atoms with Gasteiger partial charge in [0, 0.05) is 18.7 Å². The van der Waals surface area contributed by atoms with Crippen LogP contribution in [0.3, 0.4) is 0 Å². The van der Waals surface area contributed by atoms with Crippen molar-refractivity contribution in [2.75, 3.05) is 13.1 Å². The number of nitrogens with zero attached hydrogens (tertiary/aromatic N) is 1. The van der Waals surface area contributed by atoms with Gasteiger partial charge in [-0.2, -0.15) is 0 Å². The summed E-state index contributed by atoms with van der Waals surface area (Å²) < 4.78 is 13.4. The predicted molar refractivity (Wildman–Crippen MR) is 72.7 cm³/mol. The third-order valence-electron chi connectivity index (χ3n) is 2.59. The molecule has 6 heteroatoms. The summed E-state index contributed by atoms with van der Waals surface area (Å²) in [6.45, 7) is 3.76. The number of carboxylic acids is 1. The van der Waals surface area contributed by atoms with Crippen molar-refractivity contribution >= 4 is 12.0 Å². The van der Waals surface area contributed by atoms with Crippen molar-refractivity contribution in [1.29, 1.82) is 0 Å². The second-order valence-corrected chi connectivity index (χ2v) is 4.92. The number of aliphatic carboxylic acids is 1. The van der Waals surface area contributed by atoms with Crippen LogP contribution in [0.1, 0.15) is 19.4 Å². The van der Waals surface area contributed by atoms with Crippen molar-refractivity contribution in [2.45, 2.75) is 20.4 Å². The summed E-state index contributed by atoms with van der Waals surface area (Å²) in [4.78, 5) is 23.9. The average molecular weight is 282 g/mol. The van der Waals surface area contributed by atoms with E-state index < -0.39 is 17.8 Å². The summed E-state index contributed by atoms with van der Waals surface area (Å²) in [5.41, 5.74) is 0.362. The van der Waals surface area contributed by atoms with E-state index >= 15 is 0 Å². The van der Waals surface area contributed by atoms with Gasteiger partial charge in [0.1, 0.15) is 12.4 Å². The minimum Gasteiger partial charge on any atom is -0.480 e. The molecule has 5 nitrogen and oxygen atoms in total. The molecule has 0 bridgehead atoms. The Kier molecular flexibility index (Phi) is 5.96. The highest BCUT2D eigenvalue weighted by Crippen LogP contribution is 2.06. The predicted octanol–water partition coefficient (Wildman–Crippen LogP) is 2.08. The Labute approximate surface area is 117 Å². The van der Waals surface area contributed by atoms with Gasteiger partial charge in [0.25, 0.3) is 0 Å². The van der Waals surface area contributed by atoms with Crippen LogP contribution < -0.4 is 5.32 Å². The lowest BCUT2D eigenvalue weighted by molar-refractivity contribution is -0.137. The van der Waals surface area contributed by atoms with Crippen molar-refractivity contribution in [3.8, 4) is 0 Å². The molecule has 2 amide bonds. The molecule has 110 valence electrons. The number of urea groups is 1. The number of benzene rings is 1. The third-order valence-corrected chi connectivity index (χ3v) is 2.59. The van der Waals surface area contributed by atoms with Gasteiger partial charge >= 0.3 is 12.0 Å². The average Bonchev–Trinajstić information content (AvgIpc) is 2.35. The molecular weight excluding hydrogens is 263 g/mol. The Morgan fingerprint density at radius 1 is 1.35 bits per heavy atom. The number of hydrogen-bond donors (Lipinski definition) is 2. The smallest absolute Gasteiger partial charge is 0.323 e. The minimum absolute atomic E-state index is 0.0275. The number of hydrogen-bond acceptors (Lipinski definition) is 2. The van der Waals surface area contributed by atoms with Gasteiger partial charge in [-0.15, -0.1) is 0 Å². The maximum absolute atomic E-state index is 13.4. The molecule has 0 saturated carbocycles. The van der Waals surface area contributed by atoms with Crippen molar-refractivity contribution in [3.63, 3.8) is 0 Å². The fraction of sp³-hybridized carbons (Fsp3) is 0.429. The molecule has 0 heterocycles. The number of nitrogens with one attached hydrogen (secondary N) is 1. The first-order valence-corrected chi connectivity index (χ1v) is 6.38. The van der Waals surface area contributed by atoms with E-state index in [1.807, 2.05) is 13.8 Å². The molecule has 1 aromatic carbocycles. The topological polar surface area (TPSA) is 69.6 Å². The van der Waals surface area contributed by atoms with E-state index in [0.717, 1.165) is 0 Å². The fourth-order valence-corrected chi connectivity index (χ4v) is 1.75. The van der Waals surface area contributed by atoms with Gasteiger partial charge in [0.15, 0.2) is 0 Å². The van der Waals surface area contributed by atoms with Gasteiger partial charge in [0.2, 0.25) is 0 Å². The Morgan fingerprint density at radius 2 is 2.00 bits per heavy atom. The maximum atomic E-state index is 13.4. The normalized spacial score (nSPS) is 10.4. The molecule has 0 atom stereocenters. The Hall–Kier alpha value is -2.11. The summed E-state index contributed by atoms with van der Waals surface area (Å²) in [7, 11) is 0. The largest absolute Gasteiger partial charge is 0.480 e. The molecule has 0 aromatic heterocycles. The van der Waals surface area contributed by atoms with Crippen LogP contribution in [0.2, 0.25) is 0 Å². The summed E-state index contributed by atoms with van der Waals surface area (Å²) in [5, 5.41) is 11.3. The second kappa shape index (κ2) is 7.47. The highest BCUT2D eigenvalue weighted by atomic mass is 19.1. The van der Waals surface area contributed by atoms with E-state index in [9.17, 15) is 14.0 Å². The van der Waals surface area contributed by atoms with Gasteiger partial charge in [-0.3, -0.25) is 4.79 Å². The summed E-state index contributed by atoms with van der Waals surface area (Å²) in [6.07, 6.45) is 0. The zero-order valence-electron chi connectivity index (χ0n) is 11.6. The molecule has 0 spiro atoms. The summed E-state index contributed by atoms with van der Waals surface area (Å²) >= 11 is 0. The van der Waals surface area contributed by atoms with E-state index in [1.54, 1.807) is 18.2 Å². The first kappa shape index (κ1) is 15.9. The van der Waals surface area contributed by atoms with Gasteiger partial charge in [-0.25, -0.2) is 9.18 Å². The highest BCUT2D eigenvalue weighted by molar-refractivity contribution is 5.80. The van der Waals surface area contributed by atoms with Crippen LogP contribution >= 0.6 is 0 Å². The number of rotatable bonds is 6. The SMILES string of the molecule is CC(C)CN(CC(=O)O)C(=O)NCc1ccccc1F. The molecular formula is C14H19FN2O3. The third kappa shape index (κ3) is 5.26. The van der Waals surface area contributed by atoms with E-state index in [2.05, 4.69) is 5.32 Å². The van der Waals surface area contributed by atoms with Crippen LogP contribution in [0.4, 0.5) is 9.18 Å². The summed E-state index contributed by atoms with van der Waals surface area (Å²) in [6, 6.07) is 5.61. The quantitative estimate of drug-likeness (QED) is 0.839. The molecule has 20 heavy (non-hydrogen) atoms. The van der Waals surface area contributed by atoms with E-state index in [0.29, 0.717) is 12.1 Å². The van der Waals surface area contributed by atoms with Crippen LogP contribution in [0, 0.1) is 11.7 Å². The Bertz CT molecular complexity index is 477. The van der Waals surface area contributed by atoms with E-state index in [-0.39, 0.29) is 19.0 Å². The molecule has 1 rings (SSSR count). The first-order chi connectivity index (χ1) is 9.40. The Morgan fingerprint density at radius 3 is 2.55 bits per heavy atom. The van der Waals surface area contributed by atoms with Crippen molar-refractivity contribution in [2.24, 2.45) is 5.92 Å². The van der Waals surface area contributed by atoms with Crippen LogP contribution in [0.15, 0.2) is 24.3 Å². The van der Waals surface area contributed by atoms with Gasteiger partial charge in [0.05, 0.1) is 0 Å². The van der Waals surface area contributed by atoms with Crippen molar-refractivity contribution < 1.29 is 19.1 Å². The Balaban J connectivity index is 2.62. The molecule has 0 saturated heterocycles. The molecule has 0 unspecified atom stereocenters. The van der Waals surface area contributed by atoms with Gasteiger partial charge in [-0.1, -0.05) is 32.0 Å². The van der Waals surface area contributed by atoms with Crippen LogP contribution in [0.25, 0.3) is 0 Å². The number of carbonyl (C=O) groups excluding carboxylic acids is 1. The monoisotopic (exact) mass is 282 g/mol. The lowest BCUT2D eigenvalue weighted by Gasteiger charge is -2.23. The van der Waals surface area contributed by atoms with E-state index in [4.69, 9.17) is 5.11 Å². The molecule has 0 fully saturated rings. The fourth-order valence-electron chi connectivity index (χ4n) is 1.75.